The van der Waals surface area contributed by atoms with Crippen LogP contribution in [-0.2, 0) is 0 Å². The lowest BCUT2D eigenvalue weighted by molar-refractivity contribution is 0.0932. The quantitative estimate of drug-likeness (QED) is 0.887. The highest BCUT2D eigenvalue weighted by atomic mass is 16.5. The minimum absolute atomic E-state index is 0.108. The highest BCUT2D eigenvalue weighted by Gasteiger charge is 2.26. The Morgan fingerprint density at radius 2 is 1.96 bits per heavy atom. The Balaban J connectivity index is 1.77. The second-order valence-electron chi connectivity index (χ2n) is 5.93. The van der Waals surface area contributed by atoms with Crippen LogP contribution in [0.3, 0.4) is 0 Å². The largest absolute Gasteiger partial charge is 0.496 e. The van der Waals surface area contributed by atoms with E-state index in [2.05, 4.69) is 21.3 Å². The molecule has 24 heavy (non-hydrogen) atoms. The Labute approximate surface area is 142 Å². The van der Waals surface area contributed by atoms with Crippen LogP contribution in [0.5, 0.6) is 5.75 Å². The second-order valence-corrected chi connectivity index (χ2v) is 5.93. The average Bonchev–Trinajstić information content (AvgIpc) is 3.17. The molecule has 0 unspecified atom stereocenters. The van der Waals surface area contributed by atoms with Crippen LogP contribution in [0.15, 0.2) is 48.7 Å². The van der Waals surface area contributed by atoms with Gasteiger partial charge >= 0.3 is 0 Å². The molecule has 0 spiro atoms. The summed E-state index contributed by atoms with van der Waals surface area (Å²) >= 11 is 0. The Hall–Kier alpha value is -2.40. The van der Waals surface area contributed by atoms with Crippen molar-refractivity contribution in [3.63, 3.8) is 0 Å². The second kappa shape index (κ2) is 7.93. The molecule has 126 valence electrons. The standard InChI is InChI=1S/C19H23N3O2/c1-24-18-10-3-2-8-15(18)17(22-12-6-7-13-22)14-21-19(23)16-9-4-5-11-20-16/h2-5,8-11,17H,6-7,12-14H2,1H3,(H,21,23)/t17-/m0/s1. The van der Waals surface area contributed by atoms with E-state index >= 15 is 0 Å². The van der Waals surface area contributed by atoms with E-state index in [0.29, 0.717) is 12.2 Å². The molecule has 1 aliphatic heterocycles. The zero-order chi connectivity index (χ0) is 16.8. The molecule has 1 aromatic heterocycles. The van der Waals surface area contributed by atoms with Crippen molar-refractivity contribution in [2.24, 2.45) is 0 Å². The Kier molecular flexibility index (Phi) is 5.43. The van der Waals surface area contributed by atoms with E-state index in [0.717, 1.165) is 24.4 Å². The minimum Gasteiger partial charge on any atom is -0.496 e. The SMILES string of the molecule is COc1ccccc1[C@H](CNC(=O)c1ccccn1)N1CCCC1. The van der Waals surface area contributed by atoms with Crippen molar-refractivity contribution in [3.05, 3.63) is 59.9 Å². The number of benzene rings is 1. The number of carbonyl (C=O) groups is 1. The summed E-state index contributed by atoms with van der Waals surface area (Å²) in [5, 5.41) is 3.03. The number of nitrogens with one attached hydrogen (secondary N) is 1. The zero-order valence-electron chi connectivity index (χ0n) is 13.9. The van der Waals surface area contributed by atoms with Gasteiger partial charge in [-0.2, -0.15) is 0 Å². The summed E-state index contributed by atoms with van der Waals surface area (Å²) in [6.07, 6.45) is 4.02. The lowest BCUT2D eigenvalue weighted by Gasteiger charge is -2.29. The summed E-state index contributed by atoms with van der Waals surface area (Å²) in [6.45, 7) is 2.63. The van der Waals surface area contributed by atoms with E-state index in [1.807, 2.05) is 24.3 Å². The van der Waals surface area contributed by atoms with E-state index in [1.54, 1.807) is 25.4 Å². The molecule has 2 heterocycles. The van der Waals surface area contributed by atoms with Gasteiger partial charge in [-0.25, -0.2) is 0 Å². The summed E-state index contributed by atoms with van der Waals surface area (Å²) in [6, 6.07) is 13.5. The monoisotopic (exact) mass is 325 g/mol. The molecule has 5 heteroatoms. The van der Waals surface area contributed by atoms with Gasteiger partial charge < -0.3 is 10.1 Å². The molecule has 0 aliphatic carbocycles. The fourth-order valence-corrected chi connectivity index (χ4v) is 3.21. The predicted octanol–water partition coefficient (Wildman–Crippen LogP) is 2.66. The lowest BCUT2D eigenvalue weighted by atomic mass is 10.0. The molecule has 0 radical (unpaired) electrons. The Morgan fingerprint density at radius 3 is 2.67 bits per heavy atom. The van der Waals surface area contributed by atoms with Crippen LogP contribution in [-0.4, -0.2) is 42.5 Å². The van der Waals surface area contributed by atoms with E-state index in [4.69, 9.17) is 4.74 Å². The number of para-hydroxylation sites is 1. The maximum Gasteiger partial charge on any atom is 0.269 e. The van der Waals surface area contributed by atoms with Crippen molar-refractivity contribution in [2.75, 3.05) is 26.7 Å². The van der Waals surface area contributed by atoms with E-state index < -0.39 is 0 Å². The van der Waals surface area contributed by atoms with Crippen molar-refractivity contribution in [1.29, 1.82) is 0 Å². The van der Waals surface area contributed by atoms with Crippen molar-refractivity contribution in [2.45, 2.75) is 18.9 Å². The van der Waals surface area contributed by atoms with Crippen molar-refractivity contribution in [1.82, 2.24) is 15.2 Å². The van der Waals surface area contributed by atoms with Gasteiger partial charge in [-0.15, -0.1) is 0 Å². The third kappa shape index (κ3) is 3.74. The maximum atomic E-state index is 12.3. The first-order valence-electron chi connectivity index (χ1n) is 8.36. The molecule has 2 aromatic rings. The van der Waals surface area contributed by atoms with Gasteiger partial charge in [0.2, 0.25) is 0 Å². The molecule has 3 rings (SSSR count). The van der Waals surface area contributed by atoms with Crippen LogP contribution in [0.4, 0.5) is 0 Å². The molecular formula is C19H23N3O2. The van der Waals surface area contributed by atoms with Gasteiger partial charge in [0.25, 0.3) is 5.91 Å². The number of hydrogen-bond donors (Lipinski definition) is 1. The zero-order valence-corrected chi connectivity index (χ0v) is 13.9. The number of pyridine rings is 1. The summed E-state index contributed by atoms with van der Waals surface area (Å²) < 4.78 is 5.53. The Bertz CT molecular complexity index is 669. The molecule has 1 amide bonds. The number of amides is 1. The number of aromatic nitrogens is 1. The first-order chi connectivity index (χ1) is 11.8. The third-order valence-electron chi connectivity index (χ3n) is 4.43. The van der Waals surface area contributed by atoms with Gasteiger partial charge in [0.05, 0.1) is 13.2 Å². The number of hydrogen-bond acceptors (Lipinski definition) is 4. The van der Waals surface area contributed by atoms with Crippen LogP contribution < -0.4 is 10.1 Å². The number of nitrogens with zero attached hydrogens (tertiary/aromatic N) is 2. The predicted molar refractivity (Wildman–Crippen MR) is 93.1 cm³/mol. The van der Waals surface area contributed by atoms with Gasteiger partial charge in [0.1, 0.15) is 11.4 Å². The molecule has 1 atom stereocenters. The van der Waals surface area contributed by atoms with E-state index in [-0.39, 0.29) is 11.9 Å². The van der Waals surface area contributed by atoms with Crippen molar-refractivity contribution >= 4 is 5.91 Å². The van der Waals surface area contributed by atoms with Gasteiger partial charge in [0.15, 0.2) is 0 Å². The highest BCUT2D eigenvalue weighted by Crippen LogP contribution is 2.31. The number of rotatable bonds is 6. The number of ether oxygens (including phenoxy) is 1. The van der Waals surface area contributed by atoms with Gasteiger partial charge in [-0.05, 0) is 44.1 Å². The molecule has 1 N–H and O–H groups in total. The molecular weight excluding hydrogens is 302 g/mol. The van der Waals surface area contributed by atoms with Crippen LogP contribution in [0.25, 0.3) is 0 Å². The summed E-state index contributed by atoms with van der Waals surface area (Å²) in [7, 11) is 1.69. The van der Waals surface area contributed by atoms with E-state index in [1.165, 1.54) is 12.8 Å². The summed E-state index contributed by atoms with van der Waals surface area (Å²) in [4.78, 5) is 18.8. The third-order valence-corrected chi connectivity index (χ3v) is 4.43. The van der Waals surface area contributed by atoms with Crippen molar-refractivity contribution in [3.8, 4) is 5.75 Å². The van der Waals surface area contributed by atoms with Crippen LogP contribution in [0, 0.1) is 0 Å². The van der Waals surface area contributed by atoms with Crippen LogP contribution in [0.1, 0.15) is 34.9 Å². The Morgan fingerprint density at radius 1 is 1.21 bits per heavy atom. The average molecular weight is 325 g/mol. The highest BCUT2D eigenvalue weighted by molar-refractivity contribution is 5.92. The lowest BCUT2D eigenvalue weighted by Crippen LogP contribution is -2.37. The van der Waals surface area contributed by atoms with Crippen LogP contribution in [0.2, 0.25) is 0 Å². The van der Waals surface area contributed by atoms with Gasteiger partial charge in [0, 0.05) is 18.3 Å². The number of carbonyl (C=O) groups excluding carboxylic acids is 1. The normalized spacial score (nSPS) is 15.9. The molecule has 1 aromatic carbocycles. The minimum atomic E-state index is -0.144. The molecule has 5 nitrogen and oxygen atoms in total. The molecule has 0 bridgehead atoms. The molecule has 1 saturated heterocycles. The first kappa shape index (κ1) is 16.5. The molecule has 1 fully saturated rings. The topological polar surface area (TPSA) is 54.5 Å². The smallest absolute Gasteiger partial charge is 0.269 e. The fraction of sp³-hybridized carbons (Fsp3) is 0.368. The number of methoxy groups -OCH3 is 1. The summed E-state index contributed by atoms with van der Waals surface area (Å²) in [5.74, 6) is 0.719. The van der Waals surface area contributed by atoms with Crippen LogP contribution >= 0.6 is 0 Å². The number of likely N-dealkylation sites (tertiary alicyclic amines) is 1. The fourth-order valence-electron chi connectivity index (χ4n) is 3.21. The maximum absolute atomic E-state index is 12.3. The molecule has 1 aliphatic rings. The molecule has 0 saturated carbocycles. The first-order valence-corrected chi connectivity index (χ1v) is 8.36. The van der Waals surface area contributed by atoms with Crippen molar-refractivity contribution < 1.29 is 9.53 Å². The van der Waals surface area contributed by atoms with Gasteiger partial charge in [-0.3, -0.25) is 14.7 Å². The summed E-state index contributed by atoms with van der Waals surface area (Å²) in [5.41, 5.74) is 1.56. The van der Waals surface area contributed by atoms with E-state index in [9.17, 15) is 4.79 Å². The van der Waals surface area contributed by atoms with Gasteiger partial charge in [-0.1, -0.05) is 24.3 Å².